The molecule has 2 amide bonds. The van der Waals surface area contributed by atoms with Crippen LogP contribution in [0.15, 0.2) is 24.3 Å². The van der Waals surface area contributed by atoms with Crippen LogP contribution in [0.2, 0.25) is 0 Å². The second kappa shape index (κ2) is 9.95. The molecule has 2 aliphatic heterocycles. The van der Waals surface area contributed by atoms with Crippen molar-refractivity contribution in [3.8, 4) is 5.75 Å². The highest BCUT2D eigenvalue weighted by molar-refractivity contribution is 6.01. The van der Waals surface area contributed by atoms with Crippen LogP contribution < -0.4 is 15.0 Å². The summed E-state index contributed by atoms with van der Waals surface area (Å²) in [6.45, 7) is 3.10. The van der Waals surface area contributed by atoms with E-state index in [0.29, 0.717) is 18.2 Å². The second-order valence-electron chi connectivity index (χ2n) is 7.24. The summed E-state index contributed by atoms with van der Waals surface area (Å²) in [5.74, 6) is 1.24. The zero-order chi connectivity index (χ0) is 18.5. The molecule has 0 radical (unpaired) electrons. The Morgan fingerprint density at radius 1 is 1.26 bits per heavy atom. The molecular weight excluding hydrogens is 366 g/mol. The largest absolute Gasteiger partial charge is 0.495 e. The van der Waals surface area contributed by atoms with Gasteiger partial charge in [0.05, 0.1) is 18.7 Å². The van der Waals surface area contributed by atoms with Crippen molar-refractivity contribution in [2.75, 3.05) is 45.2 Å². The van der Waals surface area contributed by atoms with Gasteiger partial charge in [0.2, 0.25) is 11.8 Å². The predicted octanol–water partition coefficient (Wildman–Crippen LogP) is 2.32. The fraction of sp³-hybridized carbons (Fsp3) is 0.600. The molecule has 1 aromatic carbocycles. The maximum atomic E-state index is 12.9. The molecule has 1 atom stereocenters. The van der Waals surface area contributed by atoms with Crippen molar-refractivity contribution < 1.29 is 14.3 Å². The average Bonchev–Trinajstić information content (AvgIpc) is 3.07. The van der Waals surface area contributed by atoms with E-state index in [1.807, 2.05) is 36.2 Å². The van der Waals surface area contributed by atoms with Gasteiger partial charge in [-0.15, -0.1) is 12.4 Å². The van der Waals surface area contributed by atoms with Crippen LogP contribution in [0.4, 0.5) is 5.69 Å². The number of carbonyl (C=O) groups excluding carboxylic acids is 2. The maximum Gasteiger partial charge on any atom is 0.228 e. The molecule has 1 aromatic rings. The molecule has 2 heterocycles. The molecule has 0 saturated carbocycles. The summed E-state index contributed by atoms with van der Waals surface area (Å²) in [4.78, 5) is 29.1. The molecule has 7 heteroatoms. The monoisotopic (exact) mass is 395 g/mol. The van der Waals surface area contributed by atoms with Crippen molar-refractivity contribution in [2.45, 2.75) is 25.7 Å². The number of halogens is 1. The Hall–Kier alpha value is -1.79. The van der Waals surface area contributed by atoms with Gasteiger partial charge in [0.1, 0.15) is 5.75 Å². The summed E-state index contributed by atoms with van der Waals surface area (Å²) in [6.07, 6.45) is 3.58. The number of nitrogens with zero attached hydrogens (tertiary/aromatic N) is 2. The number of rotatable bonds is 6. The Morgan fingerprint density at radius 2 is 1.96 bits per heavy atom. The highest BCUT2D eigenvalue weighted by Gasteiger charge is 2.38. The lowest BCUT2D eigenvalue weighted by Gasteiger charge is -2.33. The number of amides is 2. The molecule has 150 valence electrons. The van der Waals surface area contributed by atoms with E-state index in [1.54, 1.807) is 12.0 Å². The Morgan fingerprint density at radius 3 is 2.63 bits per heavy atom. The third-order valence-electron chi connectivity index (χ3n) is 5.58. The van der Waals surface area contributed by atoms with Crippen LogP contribution in [0.3, 0.4) is 0 Å². The van der Waals surface area contributed by atoms with Gasteiger partial charge >= 0.3 is 0 Å². The van der Waals surface area contributed by atoms with Crippen molar-refractivity contribution in [1.29, 1.82) is 0 Å². The van der Waals surface area contributed by atoms with Gasteiger partial charge in [-0.1, -0.05) is 12.1 Å². The summed E-state index contributed by atoms with van der Waals surface area (Å²) in [5.41, 5.74) is 0.751. The number of nitrogens with one attached hydrogen (secondary N) is 1. The Bertz CT molecular complexity index is 647. The SMILES string of the molecule is CNCCC1CCN(C(=O)C2CC(=O)N(c3ccccc3OC)C2)CC1.Cl. The standard InChI is InChI=1S/C20H29N3O3.ClH/c1-21-10-7-15-8-11-22(12-9-15)20(25)16-13-19(24)23(14-16)17-5-3-4-6-18(17)26-2;/h3-6,15-16,21H,7-14H2,1-2H3;1H. The smallest absolute Gasteiger partial charge is 0.228 e. The molecule has 0 aromatic heterocycles. The van der Waals surface area contributed by atoms with Gasteiger partial charge in [-0.3, -0.25) is 9.59 Å². The summed E-state index contributed by atoms with van der Waals surface area (Å²) in [5, 5.41) is 3.19. The number of methoxy groups -OCH3 is 1. The van der Waals surface area contributed by atoms with E-state index in [-0.39, 0.29) is 36.6 Å². The van der Waals surface area contributed by atoms with Gasteiger partial charge in [-0.05, 0) is 50.9 Å². The predicted molar refractivity (Wildman–Crippen MR) is 109 cm³/mol. The number of anilines is 1. The van der Waals surface area contributed by atoms with E-state index in [0.717, 1.165) is 38.2 Å². The van der Waals surface area contributed by atoms with Crippen LogP contribution in [-0.2, 0) is 9.59 Å². The highest BCUT2D eigenvalue weighted by Crippen LogP contribution is 2.33. The van der Waals surface area contributed by atoms with E-state index in [2.05, 4.69) is 5.32 Å². The third kappa shape index (κ3) is 4.93. The molecule has 0 bridgehead atoms. The van der Waals surface area contributed by atoms with Crippen LogP contribution >= 0.6 is 12.4 Å². The molecule has 1 N–H and O–H groups in total. The topological polar surface area (TPSA) is 61.9 Å². The Balaban J connectivity index is 0.00000261. The van der Waals surface area contributed by atoms with Crippen LogP contribution in [0.1, 0.15) is 25.7 Å². The first kappa shape index (κ1) is 21.5. The number of para-hydroxylation sites is 2. The van der Waals surface area contributed by atoms with Crippen LogP contribution in [0, 0.1) is 11.8 Å². The molecule has 0 aliphatic carbocycles. The van der Waals surface area contributed by atoms with Gasteiger partial charge in [-0.2, -0.15) is 0 Å². The Labute approximate surface area is 167 Å². The number of likely N-dealkylation sites (tertiary alicyclic amines) is 1. The lowest BCUT2D eigenvalue weighted by molar-refractivity contribution is -0.137. The molecule has 0 spiro atoms. The minimum Gasteiger partial charge on any atom is -0.495 e. The van der Waals surface area contributed by atoms with Gasteiger partial charge in [-0.25, -0.2) is 0 Å². The molecule has 6 nitrogen and oxygen atoms in total. The number of ether oxygens (including phenoxy) is 1. The first-order valence-electron chi connectivity index (χ1n) is 9.50. The molecule has 1 unspecified atom stereocenters. The van der Waals surface area contributed by atoms with Gasteiger partial charge in [0, 0.05) is 26.1 Å². The first-order valence-corrected chi connectivity index (χ1v) is 9.50. The number of hydrogen-bond donors (Lipinski definition) is 1. The fourth-order valence-electron chi connectivity index (χ4n) is 4.01. The minimum absolute atomic E-state index is 0. The normalized spacial score (nSPS) is 20.5. The zero-order valence-electron chi connectivity index (χ0n) is 16.1. The molecular formula is C20H30ClN3O3. The maximum absolute atomic E-state index is 12.9. The molecule has 3 rings (SSSR count). The zero-order valence-corrected chi connectivity index (χ0v) is 17.0. The number of benzene rings is 1. The van der Waals surface area contributed by atoms with Crippen LogP contribution in [0.25, 0.3) is 0 Å². The van der Waals surface area contributed by atoms with E-state index < -0.39 is 0 Å². The summed E-state index contributed by atoms with van der Waals surface area (Å²) in [7, 11) is 3.57. The quantitative estimate of drug-likeness (QED) is 0.803. The summed E-state index contributed by atoms with van der Waals surface area (Å²) >= 11 is 0. The van der Waals surface area contributed by atoms with Crippen LogP contribution in [-0.4, -0.2) is 57.1 Å². The third-order valence-corrected chi connectivity index (χ3v) is 5.58. The van der Waals surface area contributed by atoms with Crippen molar-refractivity contribution in [3.05, 3.63) is 24.3 Å². The number of carbonyl (C=O) groups is 2. The van der Waals surface area contributed by atoms with E-state index in [4.69, 9.17) is 4.74 Å². The van der Waals surface area contributed by atoms with Crippen LogP contribution in [0.5, 0.6) is 5.75 Å². The van der Waals surface area contributed by atoms with Gasteiger partial charge < -0.3 is 19.9 Å². The lowest BCUT2D eigenvalue weighted by Crippen LogP contribution is -2.42. The second-order valence-corrected chi connectivity index (χ2v) is 7.24. The minimum atomic E-state index is -0.249. The van der Waals surface area contributed by atoms with E-state index in [9.17, 15) is 9.59 Å². The van der Waals surface area contributed by atoms with Gasteiger partial charge in [0.25, 0.3) is 0 Å². The molecule has 27 heavy (non-hydrogen) atoms. The van der Waals surface area contributed by atoms with Crippen molar-refractivity contribution in [1.82, 2.24) is 10.2 Å². The number of piperidine rings is 1. The molecule has 2 fully saturated rings. The van der Waals surface area contributed by atoms with Crippen molar-refractivity contribution in [2.24, 2.45) is 11.8 Å². The summed E-state index contributed by atoms with van der Waals surface area (Å²) in [6, 6.07) is 7.48. The first-order chi connectivity index (χ1) is 12.6. The van der Waals surface area contributed by atoms with E-state index >= 15 is 0 Å². The lowest BCUT2D eigenvalue weighted by atomic mass is 9.92. The average molecular weight is 396 g/mol. The van der Waals surface area contributed by atoms with Gasteiger partial charge in [0.15, 0.2) is 0 Å². The fourth-order valence-corrected chi connectivity index (χ4v) is 4.01. The summed E-state index contributed by atoms with van der Waals surface area (Å²) < 4.78 is 5.37. The van der Waals surface area contributed by atoms with Crippen molar-refractivity contribution >= 4 is 29.9 Å². The van der Waals surface area contributed by atoms with E-state index in [1.165, 1.54) is 6.42 Å². The number of hydrogen-bond acceptors (Lipinski definition) is 4. The van der Waals surface area contributed by atoms with Crippen molar-refractivity contribution in [3.63, 3.8) is 0 Å². The molecule has 2 saturated heterocycles. The highest BCUT2D eigenvalue weighted by atomic mass is 35.5. The molecule has 2 aliphatic rings. The Kier molecular flexibility index (Phi) is 7.92.